The highest BCUT2D eigenvalue weighted by Crippen LogP contribution is 2.32. The van der Waals surface area contributed by atoms with Gasteiger partial charge in [-0.25, -0.2) is 18.1 Å². The van der Waals surface area contributed by atoms with E-state index in [-0.39, 0.29) is 32.9 Å². The highest BCUT2D eigenvalue weighted by Gasteiger charge is 2.26. The Kier molecular flexibility index (Phi) is 9.14. The number of nitrogens with zero attached hydrogens (tertiary/aromatic N) is 1. The maximum absolute atomic E-state index is 13.0. The molecule has 4 rings (SSSR count). The van der Waals surface area contributed by atoms with Gasteiger partial charge in [0.25, 0.3) is 15.9 Å². The summed E-state index contributed by atoms with van der Waals surface area (Å²) in [5.41, 5.74) is 1.22. The van der Waals surface area contributed by atoms with Crippen molar-refractivity contribution in [2.45, 2.75) is 37.2 Å². The van der Waals surface area contributed by atoms with E-state index in [0.717, 1.165) is 6.42 Å². The van der Waals surface area contributed by atoms with Gasteiger partial charge in [0, 0.05) is 28.8 Å². The number of hydrogen-bond donors (Lipinski definition) is 3. The Morgan fingerprint density at radius 3 is 2.50 bits per heavy atom. The Balaban J connectivity index is 1.53. The number of aliphatic carboxylic acids is 1. The standard InChI is InChI=1S/C28H25Cl2N3O6S/c1-2-6-25-31-15-23(32-25)26(28(35)36)17-10-12-24(22(30)13-17)39-16-18-9-11-19(29)14-21(18)27(34)33-40(37,38)20-7-4-3-5-8-20/h3-5,7-15,26H,2,6,16H2,1H3,(H,31,32)(H,33,34)(H,35,36). The number of carboxylic acid groups (broad SMARTS) is 1. The summed E-state index contributed by atoms with van der Waals surface area (Å²) in [6.45, 7) is 1.86. The molecule has 1 unspecified atom stereocenters. The van der Waals surface area contributed by atoms with Crippen molar-refractivity contribution in [1.29, 1.82) is 0 Å². The van der Waals surface area contributed by atoms with Gasteiger partial charge in [-0.2, -0.15) is 0 Å². The van der Waals surface area contributed by atoms with Gasteiger partial charge in [0.15, 0.2) is 0 Å². The normalized spacial score (nSPS) is 12.1. The summed E-state index contributed by atoms with van der Waals surface area (Å²) in [5.74, 6) is -2.02. The van der Waals surface area contributed by atoms with Crippen molar-refractivity contribution in [3.63, 3.8) is 0 Å². The van der Waals surface area contributed by atoms with E-state index in [2.05, 4.69) is 14.7 Å². The van der Waals surface area contributed by atoms with Crippen molar-refractivity contribution >= 4 is 45.1 Å². The number of benzene rings is 3. The van der Waals surface area contributed by atoms with Crippen LogP contribution in [0.3, 0.4) is 0 Å². The van der Waals surface area contributed by atoms with Gasteiger partial charge < -0.3 is 14.8 Å². The largest absolute Gasteiger partial charge is 0.487 e. The monoisotopic (exact) mass is 601 g/mol. The van der Waals surface area contributed by atoms with Crippen molar-refractivity contribution in [3.05, 3.63) is 111 Å². The first kappa shape index (κ1) is 29.1. The minimum Gasteiger partial charge on any atom is -0.487 e. The Bertz CT molecular complexity index is 1640. The highest BCUT2D eigenvalue weighted by molar-refractivity contribution is 7.90. The van der Waals surface area contributed by atoms with E-state index < -0.39 is 27.8 Å². The molecule has 1 heterocycles. The molecule has 3 aromatic carbocycles. The molecule has 0 aliphatic carbocycles. The topological polar surface area (TPSA) is 138 Å². The van der Waals surface area contributed by atoms with Gasteiger partial charge in [-0.15, -0.1) is 0 Å². The summed E-state index contributed by atoms with van der Waals surface area (Å²) in [5, 5.41) is 10.3. The molecule has 0 fully saturated rings. The molecule has 0 radical (unpaired) electrons. The molecule has 3 N–H and O–H groups in total. The molecule has 0 spiro atoms. The van der Waals surface area contributed by atoms with Crippen molar-refractivity contribution < 1.29 is 27.9 Å². The van der Waals surface area contributed by atoms with Gasteiger partial charge in [0.1, 0.15) is 24.1 Å². The Morgan fingerprint density at radius 2 is 1.82 bits per heavy atom. The number of carbonyl (C=O) groups is 2. The fraction of sp³-hybridized carbons (Fsp3) is 0.179. The summed E-state index contributed by atoms with van der Waals surface area (Å²) in [6.07, 6.45) is 3.07. The first-order chi connectivity index (χ1) is 19.1. The molecule has 4 aromatic rings. The molecule has 0 bridgehead atoms. The van der Waals surface area contributed by atoms with Crippen LogP contribution in [0.4, 0.5) is 0 Å². The lowest BCUT2D eigenvalue weighted by atomic mass is 9.96. The van der Waals surface area contributed by atoms with E-state index in [1.54, 1.807) is 36.4 Å². The van der Waals surface area contributed by atoms with Crippen LogP contribution in [-0.4, -0.2) is 35.4 Å². The molecule has 9 nitrogen and oxygen atoms in total. The van der Waals surface area contributed by atoms with Gasteiger partial charge in [-0.3, -0.25) is 9.59 Å². The molecular weight excluding hydrogens is 577 g/mol. The van der Waals surface area contributed by atoms with E-state index in [4.69, 9.17) is 27.9 Å². The number of sulfonamides is 1. The molecule has 1 amide bonds. The van der Waals surface area contributed by atoms with Crippen LogP contribution in [0.1, 0.15) is 52.3 Å². The van der Waals surface area contributed by atoms with Crippen LogP contribution in [0.5, 0.6) is 5.75 Å². The molecule has 1 aromatic heterocycles. The molecule has 0 saturated carbocycles. The fourth-order valence-electron chi connectivity index (χ4n) is 4.04. The number of carbonyl (C=O) groups excluding carboxylic acids is 1. The van der Waals surface area contributed by atoms with Crippen LogP contribution >= 0.6 is 23.2 Å². The van der Waals surface area contributed by atoms with E-state index in [1.807, 2.05) is 6.92 Å². The summed E-state index contributed by atoms with van der Waals surface area (Å²) in [6, 6.07) is 16.5. The smallest absolute Gasteiger partial charge is 0.317 e. The maximum atomic E-state index is 13.0. The van der Waals surface area contributed by atoms with Gasteiger partial charge >= 0.3 is 5.97 Å². The minimum absolute atomic E-state index is 0.00724. The number of imidazole rings is 1. The summed E-state index contributed by atoms with van der Waals surface area (Å²) < 4.78 is 33.2. The van der Waals surface area contributed by atoms with Gasteiger partial charge in [-0.1, -0.05) is 60.5 Å². The number of H-pyrrole nitrogens is 1. The number of aromatic nitrogens is 2. The first-order valence-electron chi connectivity index (χ1n) is 12.2. The zero-order chi connectivity index (χ0) is 28.9. The quantitative estimate of drug-likeness (QED) is 0.204. The number of carboxylic acids is 1. The number of rotatable bonds is 11. The summed E-state index contributed by atoms with van der Waals surface area (Å²) >= 11 is 12.5. The van der Waals surface area contributed by atoms with Gasteiger partial charge in [0.2, 0.25) is 0 Å². The predicted octanol–water partition coefficient (Wildman–Crippen LogP) is 5.58. The first-order valence-corrected chi connectivity index (χ1v) is 14.4. The zero-order valence-corrected chi connectivity index (χ0v) is 23.6. The fourth-order valence-corrected chi connectivity index (χ4v) is 5.44. The SMILES string of the molecule is CCCc1ncc(C(C(=O)O)c2ccc(OCc3ccc(Cl)cc3C(=O)NS(=O)(=O)c3ccccc3)c(Cl)c2)[nH]1. The predicted molar refractivity (Wildman–Crippen MR) is 150 cm³/mol. The molecule has 40 heavy (non-hydrogen) atoms. The average molecular weight is 602 g/mol. The lowest BCUT2D eigenvalue weighted by Gasteiger charge is -2.15. The van der Waals surface area contributed by atoms with Crippen LogP contribution in [0.15, 0.2) is 77.8 Å². The number of ether oxygens (including phenoxy) is 1. The number of amides is 1. The average Bonchev–Trinajstić information content (AvgIpc) is 3.37. The van der Waals surface area contributed by atoms with E-state index in [1.165, 1.54) is 36.5 Å². The Morgan fingerprint density at radius 1 is 1.07 bits per heavy atom. The summed E-state index contributed by atoms with van der Waals surface area (Å²) in [7, 11) is -4.12. The van der Waals surface area contributed by atoms with Gasteiger partial charge in [0.05, 0.1) is 15.6 Å². The molecule has 0 saturated heterocycles. The van der Waals surface area contributed by atoms with E-state index in [9.17, 15) is 23.1 Å². The number of aromatic amines is 1. The van der Waals surface area contributed by atoms with E-state index in [0.29, 0.717) is 29.1 Å². The second kappa shape index (κ2) is 12.5. The third-order valence-corrected chi connectivity index (χ3v) is 7.84. The van der Waals surface area contributed by atoms with Crippen LogP contribution in [0, 0.1) is 0 Å². The highest BCUT2D eigenvalue weighted by atomic mass is 35.5. The molecule has 12 heteroatoms. The molecule has 0 aliphatic rings. The Hall–Kier alpha value is -3.86. The van der Waals surface area contributed by atoms with Crippen LogP contribution < -0.4 is 9.46 Å². The third-order valence-electron chi connectivity index (χ3n) is 5.96. The maximum Gasteiger partial charge on any atom is 0.317 e. The van der Waals surface area contributed by atoms with Gasteiger partial charge in [-0.05, 0) is 48.4 Å². The molecule has 208 valence electrons. The van der Waals surface area contributed by atoms with Crippen LogP contribution in [0.25, 0.3) is 0 Å². The second-order valence-corrected chi connectivity index (χ2v) is 11.4. The third kappa shape index (κ3) is 6.82. The lowest BCUT2D eigenvalue weighted by Crippen LogP contribution is -2.31. The number of aryl methyl sites for hydroxylation is 1. The molecule has 0 aliphatic heterocycles. The molecular formula is C28H25Cl2N3O6S. The van der Waals surface area contributed by atoms with Crippen molar-refractivity contribution in [2.24, 2.45) is 0 Å². The van der Waals surface area contributed by atoms with Crippen molar-refractivity contribution in [3.8, 4) is 5.75 Å². The zero-order valence-electron chi connectivity index (χ0n) is 21.2. The lowest BCUT2D eigenvalue weighted by molar-refractivity contribution is -0.137. The van der Waals surface area contributed by atoms with Crippen LogP contribution in [-0.2, 0) is 27.8 Å². The second-order valence-electron chi connectivity index (χ2n) is 8.83. The van der Waals surface area contributed by atoms with E-state index >= 15 is 0 Å². The van der Waals surface area contributed by atoms with Crippen LogP contribution in [0.2, 0.25) is 10.0 Å². The summed E-state index contributed by atoms with van der Waals surface area (Å²) in [4.78, 5) is 32.3. The number of halogens is 2. The number of hydrogen-bond acceptors (Lipinski definition) is 6. The van der Waals surface area contributed by atoms with Crippen molar-refractivity contribution in [2.75, 3.05) is 0 Å². The molecule has 1 atom stereocenters. The minimum atomic E-state index is -4.12. The van der Waals surface area contributed by atoms with Crippen molar-refractivity contribution in [1.82, 2.24) is 14.7 Å². The number of nitrogens with one attached hydrogen (secondary N) is 2. The Labute approximate surface area is 241 Å².